The largest absolute Gasteiger partial charge is 0.497 e. The molecule has 10 heteroatoms. The van der Waals surface area contributed by atoms with Gasteiger partial charge in [-0.1, -0.05) is 12.1 Å². The van der Waals surface area contributed by atoms with Crippen molar-refractivity contribution >= 4 is 17.5 Å². The van der Waals surface area contributed by atoms with Crippen LogP contribution in [0.25, 0.3) is 0 Å². The van der Waals surface area contributed by atoms with E-state index >= 15 is 0 Å². The highest BCUT2D eigenvalue weighted by molar-refractivity contribution is 5.88. The molecular weight excluding hydrogens is 430 g/mol. The third kappa shape index (κ3) is 7.09. The van der Waals surface area contributed by atoms with Gasteiger partial charge in [-0.2, -0.15) is 0 Å². The van der Waals surface area contributed by atoms with Gasteiger partial charge < -0.3 is 24.4 Å². The topological polar surface area (TPSA) is 120 Å². The number of hydrogen-bond donors (Lipinski definition) is 1. The monoisotopic (exact) mass is 459 g/mol. The summed E-state index contributed by atoms with van der Waals surface area (Å²) in [5, 5.41) is 13.9. The normalized spacial score (nSPS) is 11.5. The van der Waals surface area contributed by atoms with Crippen molar-refractivity contribution in [1.29, 1.82) is 0 Å². The van der Waals surface area contributed by atoms with Gasteiger partial charge in [-0.05, 0) is 44.5 Å². The maximum Gasteiger partial charge on any atom is 0.311 e. The molecule has 0 saturated carbocycles. The first-order chi connectivity index (χ1) is 15.7. The Morgan fingerprint density at radius 2 is 1.79 bits per heavy atom. The molecule has 0 aliphatic rings. The lowest BCUT2D eigenvalue weighted by atomic mass is 10.1. The summed E-state index contributed by atoms with van der Waals surface area (Å²) in [5.74, 6) is 0.155. The van der Waals surface area contributed by atoms with Crippen LogP contribution in [-0.4, -0.2) is 54.5 Å². The van der Waals surface area contributed by atoms with E-state index in [2.05, 4.69) is 5.32 Å². The molecule has 0 heterocycles. The molecule has 0 aromatic heterocycles. The number of nitro groups is 1. The first-order valence-corrected chi connectivity index (χ1v) is 10.3. The van der Waals surface area contributed by atoms with Crippen LogP contribution in [0, 0.1) is 10.1 Å². The molecule has 0 aliphatic carbocycles. The van der Waals surface area contributed by atoms with E-state index < -0.39 is 16.9 Å². The molecule has 0 bridgehead atoms. The van der Waals surface area contributed by atoms with Crippen LogP contribution in [0.15, 0.2) is 42.5 Å². The molecule has 2 amide bonds. The Morgan fingerprint density at radius 3 is 2.39 bits per heavy atom. The lowest BCUT2D eigenvalue weighted by Crippen LogP contribution is -2.50. The third-order valence-electron chi connectivity index (χ3n) is 4.80. The van der Waals surface area contributed by atoms with Crippen molar-refractivity contribution in [2.75, 3.05) is 20.8 Å². The van der Waals surface area contributed by atoms with Crippen LogP contribution in [0.2, 0.25) is 0 Å². The number of carbonyl (C=O) groups is 2. The second-order valence-electron chi connectivity index (χ2n) is 7.59. The van der Waals surface area contributed by atoms with Gasteiger partial charge in [0.1, 0.15) is 17.5 Å². The predicted molar refractivity (Wildman–Crippen MR) is 121 cm³/mol. The van der Waals surface area contributed by atoms with Crippen LogP contribution in [0.3, 0.4) is 0 Å². The third-order valence-corrected chi connectivity index (χ3v) is 4.80. The van der Waals surface area contributed by atoms with E-state index in [0.29, 0.717) is 5.75 Å². The number of carbonyl (C=O) groups excluding carboxylic acids is 2. The highest BCUT2D eigenvalue weighted by Gasteiger charge is 2.27. The lowest BCUT2D eigenvalue weighted by molar-refractivity contribution is -0.385. The SMILES string of the molecule is COc1cccc(CN(C(=O)COc2ccc([N+](=O)[O-])c(OC)c2)[C@@H](C)C(=O)NC(C)C)c1. The van der Waals surface area contributed by atoms with Crippen LogP contribution in [0.4, 0.5) is 5.69 Å². The van der Waals surface area contributed by atoms with Gasteiger partial charge >= 0.3 is 5.69 Å². The van der Waals surface area contributed by atoms with Crippen molar-refractivity contribution in [2.45, 2.75) is 39.4 Å². The number of nitrogens with one attached hydrogen (secondary N) is 1. The molecule has 0 unspecified atom stereocenters. The summed E-state index contributed by atoms with van der Waals surface area (Å²) in [6.07, 6.45) is 0. The molecule has 1 N–H and O–H groups in total. The number of nitro benzene ring substituents is 1. The summed E-state index contributed by atoms with van der Waals surface area (Å²) in [6.45, 7) is 5.11. The number of rotatable bonds is 11. The zero-order valence-corrected chi connectivity index (χ0v) is 19.4. The highest BCUT2D eigenvalue weighted by Crippen LogP contribution is 2.30. The lowest BCUT2D eigenvalue weighted by Gasteiger charge is -2.29. The molecule has 2 aromatic carbocycles. The first-order valence-electron chi connectivity index (χ1n) is 10.3. The van der Waals surface area contributed by atoms with Gasteiger partial charge in [0.2, 0.25) is 11.7 Å². The molecule has 2 aromatic rings. The first kappa shape index (κ1) is 25.4. The van der Waals surface area contributed by atoms with Crippen LogP contribution in [-0.2, 0) is 16.1 Å². The standard InChI is InChI=1S/C23H29N3O7/c1-15(2)24-23(28)16(3)25(13-17-7-6-8-18(11-17)31-4)22(27)14-33-19-9-10-20(26(29)30)21(12-19)32-5/h6-12,15-16H,13-14H2,1-5H3,(H,24,28)/t16-/m0/s1. The second-order valence-corrected chi connectivity index (χ2v) is 7.59. The molecule has 0 radical (unpaired) electrons. The molecule has 0 fully saturated rings. The van der Waals surface area contributed by atoms with E-state index in [1.807, 2.05) is 19.9 Å². The van der Waals surface area contributed by atoms with Crippen molar-refractivity contribution in [1.82, 2.24) is 10.2 Å². The number of benzene rings is 2. The average molecular weight is 459 g/mol. The van der Waals surface area contributed by atoms with Gasteiger partial charge in [0, 0.05) is 24.7 Å². The van der Waals surface area contributed by atoms with E-state index in [-0.39, 0.29) is 42.3 Å². The Hall–Kier alpha value is -3.82. The van der Waals surface area contributed by atoms with E-state index in [0.717, 1.165) is 5.56 Å². The molecule has 0 spiro atoms. The Labute approximate surface area is 192 Å². The maximum absolute atomic E-state index is 13.1. The minimum Gasteiger partial charge on any atom is -0.497 e. The smallest absolute Gasteiger partial charge is 0.311 e. The number of hydrogen-bond acceptors (Lipinski definition) is 7. The number of ether oxygens (including phenoxy) is 3. The van der Waals surface area contributed by atoms with Crippen molar-refractivity contribution in [3.63, 3.8) is 0 Å². The zero-order chi connectivity index (χ0) is 24.5. The van der Waals surface area contributed by atoms with Gasteiger partial charge in [0.05, 0.1) is 19.1 Å². The van der Waals surface area contributed by atoms with E-state index in [9.17, 15) is 19.7 Å². The summed E-state index contributed by atoms with van der Waals surface area (Å²) >= 11 is 0. The Balaban J connectivity index is 2.21. The molecule has 0 saturated heterocycles. The van der Waals surface area contributed by atoms with Crippen LogP contribution in [0.5, 0.6) is 17.2 Å². The molecular formula is C23H29N3O7. The van der Waals surface area contributed by atoms with Crippen molar-refractivity contribution in [3.8, 4) is 17.2 Å². The quantitative estimate of drug-likeness (QED) is 0.405. The minimum absolute atomic E-state index is 0.0165. The minimum atomic E-state index is -0.763. The number of amides is 2. The van der Waals surface area contributed by atoms with Gasteiger partial charge in [-0.25, -0.2) is 0 Å². The fourth-order valence-corrected chi connectivity index (χ4v) is 3.08. The summed E-state index contributed by atoms with van der Waals surface area (Å²) < 4.78 is 15.8. The summed E-state index contributed by atoms with van der Waals surface area (Å²) in [7, 11) is 2.86. The van der Waals surface area contributed by atoms with Crippen LogP contribution in [0.1, 0.15) is 26.3 Å². The maximum atomic E-state index is 13.1. The van der Waals surface area contributed by atoms with Gasteiger partial charge in [0.15, 0.2) is 6.61 Å². The predicted octanol–water partition coefficient (Wildman–Crippen LogP) is 2.93. The van der Waals surface area contributed by atoms with Crippen molar-refractivity contribution in [2.24, 2.45) is 0 Å². The fraction of sp³-hybridized carbons (Fsp3) is 0.391. The highest BCUT2D eigenvalue weighted by atomic mass is 16.6. The Bertz CT molecular complexity index is 994. The van der Waals surface area contributed by atoms with Gasteiger partial charge in [0.25, 0.3) is 5.91 Å². The van der Waals surface area contributed by atoms with Crippen molar-refractivity contribution in [3.05, 3.63) is 58.1 Å². The van der Waals surface area contributed by atoms with Gasteiger partial charge in [-0.15, -0.1) is 0 Å². The van der Waals surface area contributed by atoms with Crippen molar-refractivity contribution < 1.29 is 28.7 Å². The molecule has 0 aliphatic heterocycles. The summed E-state index contributed by atoms with van der Waals surface area (Å²) in [5.41, 5.74) is 0.568. The molecule has 2 rings (SSSR count). The number of nitrogens with zero attached hydrogens (tertiary/aromatic N) is 2. The van der Waals surface area contributed by atoms with Gasteiger partial charge in [-0.3, -0.25) is 19.7 Å². The molecule has 1 atom stereocenters. The van der Waals surface area contributed by atoms with E-state index in [1.165, 1.54) is 30.2 Å². The fourth-order valence-electron chi connectivity index (χ4n) is 3.08. The van der Waals surface area contributed by atoms with E-state index in [1.54, 1.807) is 32.2 Å². The van der Waals surface area contributed by atoms with E-state index in [4.69, 9.17) is 14.2 Å². The molecule has 178 valence electrons. The second kappa shape index (κ2) is 11.7. The average Bonchev–Trinajstić information content (AvgIpc) is 2.79. The summed E-state index contributed by atoms with van der Waals surface area (Å²) in [4.78, 5) is 37.6. The van der Waals surface area contributed by atoms with Crippen LogP contribution < -0.4 is 19.5 Å². The summed E-state index contributed by atoms with van der Waals surface area (Å²) in [6, 6.07) is 10.3. The Morgan fingerprint density at radius 1 is 1.06 bits per heavy atom. The van der Waals surface area contributed by atoms with Crippen LogP contribution >= 0.6 is 0 Å². The zero-order valence-electron chi connectivity index (χ0n) is 19.4. The Kier molecular flexibility index (Phi) is 9.02. The number of methoxy groups -OCH3 is 2. The molecule has 10 nitrogen and oxygen atoms in total. The molecule has 33 heavy (non-hydrogen) atoms.